The van der Waals surface area contributed by atoms with Crippen LogP contribution in [0.1, 0.15) is 12.8 Å². The van der Waals surface area contributed by atoms with Crippen molar-refractivity contribution in [1.82, 2.24) is 15.1 Å². The molecule has 0 aromatic carbocycles. The van der Waals surface area contributed by atoms with Crippen molar-refractivity contribution in [3.8, 4) is 0 Å². The number of piperazine rings is 1. The molecular weight excluding hydrogens is 244 g/mol. The van der Waals surface area contributed by atoms with Gasteiger partial charge < -0.3 is 25.6 Å². The lowest BCUT2D eigenvalue weighted by Gasteiger charge is -2.32. The molecule has 1 aliphatic rings. The average Bonchev–Trinajstić information content (AvgIpc) is 2.43. The molecule has 112 valence electrons. The molecular formula is C13H28N4O2. The second kappa shape index (κ2) is 9.25. The molecule has 1 amide bonds. The molecule has 1 saturated heterocycles. The van der Waals surface area contributed by atoms with Crippen LogP contribution in [0.25, 0.3) is 0 Å². The number of carbonyl (C=O) groups is 1. The summed E-state index contributed by atoms with van der Waals surface area (Å²) in [6.07, 6.45) is 1.18. The number of nitrogens with two attached hydrogens (primary N) is 1. The second-order valence-electron chi connectivity index (χ2n) is 5.15. The smallest absolute Gasteiger partial charge is 0.222 e. The van der Waals surface area contributed by atoms with Gasteiger partial charge in [-0.3, -0.25) is 4.79 Å². The molecule has 1 atom stereocenters. The number of carbonyl (C=O) groups excluding carboxylic acids is 1. The van der Waals surface area contributed by atoms with Gasteiger partial charge in [0.25, 0.3) is 0 Å². The highest BCUT2D eigenvalue weighted by Gasteiger charge is 2.13. The number of rotatable bonds is 8. The fraction of sp³-hybridized carbons (Fsp3) is 0.923. The van der Waals surface area contributed by atoms with Gasteiger partial charge in [0, 0.05) is 46.4 Å². The average molecular weight is 272 g/mol. The zero-order valence-corrected chi connectivity index (χ0v) is 12.2. The van der Waals surface area contributed by atoms with Crippen LogP contribution in [0.5, 0.6) is 0 Å². The first-order valence-electron chi connectivity index (χ1n) is 7.06. The fourth-order valence-corrected chi connectivity index (χ4v) is 2.14. The summed E-state index contributed by atoms with van der Waals surface area (Å²) in [6, 6.07) is 0. The Balaban J connectivity index is 2.02. The third-order valence-corrected chi connectivity index (χ3v) is 3.58. The van der Waals surface area contributed by atoms with Crippen molar-refractivity contribution in [2.24, 2.45) is 5.73 Å². The van der Waals surface area contributed by atoms with Crippen molar-refractivity contribution in [1.29, 1.82) is 0 Å². The van der Waals surface area contributed by atoms with Crippen LogP contribution in [0.2, 0.25) is 0 Å². The molecule has 1 heterocycles. The molecule has 0 aromatic heterocycles. The predicted molar refractivity (Wildman–Crippen MR) is 76.0 cm³/mol. The largest absolute Gasteiger partial charge is 0.380 e. The van der Waals surface area contributed by atoms with Gasteiger partial charge in [0.2, 0.25) is 5.91 Å². The monoisotopic (exact) mass is 272 g/mol. The van der Waals surface area contributed by atoms with Crippen LogP contribution in [0.4, 0.5) is 0 Å². The minimum atomic E-state index is -0.169. The summed E-state index contributed by atoms with van der Waals surface area (Å²) in [4.78, 5) is 16.4. The summed E-state index contributed by atoms with van der Waals surface area (Å²) in [5, 5.41) is 2.92. The van der Waals surface area contributed by atoms with E-state index in [-0.39, 0.29) is 12.0 Å². The molecule has 0 aliphatic carbocycles. The molecule has 1 fully saturated rings. The fourth-order valence-electron chi connectivity index (χ4n) is 2.14. The van der Waals surface area contributed by atoms with E-state index in [4.69, 9.17) is 10.5 Å². The third-order valence-electron chi connectivity index (χ3n) is 3.58. The van der Waals surface area contributed by atoms with E-state index in [9.17, 15) is 4.79 Å². The topological polar surface area (TPSA) is 70.8 Å². The van der Waals surface area contributed by atoms with Crippen molar-refractivity contribution in [3.63, 3.8) is 0 Å². The molecule has 0 radical (unpaired) electrons. The Bertz CT molecular complexity index is 251. The van der Waals surface area contributed by atoms with Gasteiger partial charge in [-0.1, -0.05) is 0 Å². The summed E-state index contributed by atoms with van der Waals surface area (Å²) in [6.45, 7) is 6.69. The molecule has 0 bridgehead atoms. The van der Waals surface area contributed by atoms with Crippen LogP contribution in [0.3, 0.4) is 0 Å². The van der Waals surface area contributed by atoms with E-state index in [1.54, 1.807) is 7.11 Å². The molecule has 6 nitrogen and oxygen atoms in total. The normalized spacial score (nSPS) is 19.3. The number of nitrogens with zero attached hydrogens (tertiary/aromatic N) is 2. The zero-order valence-electron chi connectivity index (χ0n) is 12.2. The first kappa shape index (κ1) is 16.4. The standard InChI is InChI=1S/C13H28N4O2/c1-16-6-8-17(9-7-16)5-3-4-15-13(18)10-12(11-14)19-2/h12H,3-11,14H2,1-2H3,(H,15,18). The van der Waals surface area contributed by atoms with E-state index in [1.807, 2.05) is 0 Å². The first-order valence-corrected chi connectivity index (χ1v) is 7.06. The van der Waals surface area contributed by atoms with Gasteiger partial charge in [-0.05, 0) is 20.0 Å². The Morgan fingerprint density at radius 1 is 1.37 bits per heavy atom. The van der Waals surface area contributed by atoms with Crippen LogP contribution in [0.15, 0.2) is 0 Å². The van der Waals surface area contributed by atoms with Gasteiger partial charge in [-0.2, -0.15) is 0 Å². The van der Waals surface area contributed by atoms with Gasteiger partial charge in [0.1, 0.15) is 0 Å². The van der Waals surface area contributed by atoms with E-state index in [0.29, 0.717) is 13.0 Å². The summed E-state index contributed by atoms with van der Waals surface area (Å²) in [7, 11) is 3.74. The number of hydrogen-bond donors (Lipinski definition) is 2. The van der Waals surface area contributed by atoms with Crippen LogP contribution in [0, 0.1) is 0 Å². The molecule has 1 unspecified atom stereocenters. The Morgan fingerprint density at radius 3 is 2.63 bits per heavy atom. The summed E-state index contributed by atoms with van der Waals surface area (Å²) in [5.41, 5.74) is 5.48. The van der Waals surface area contributed by atoms with Gasteiger partial charge in [-0.25, -0.2) is 0 Å². The van der Waals surface area contributed by atoms with Crippen molar-refractivity contribution >= 4 is 5.91 Å². The Hall–Kier alpha value is -0.690. The quantitative estimate of drug-likeness (QED) is 0.561. The summed E-state index contributed by atoms with van der Waals surface area (Å²) >= 11 is 0. The van der Waals surface area contributed by atoms with Crippen LogP contribution < -0.4 is 11.1 Å². The maximum Gasteiger partial charge on any atom is 0.222 e. The number of ether oxygens (including phenoxy) is 1. The van der Waals surface area contributed by atoms with Gasteiger partial charge in [-0.15, -0.1) is 0 Å². The molecule has 6 heteroatoms. The maximum absolute atomic E-state index is 11.6. The lowest BCUT2D eigenvalue weighted by atomic mass is 10.2. The van der Waals surface area contributed by atoms with Gasteiger partial charge in [0.15, 0.2) is 0 Å². The highest BCUT2D eigenvalue weighted by atomic mass is 16.5. The highest BCUT2D eigenvalue weighted by molar-refractivity contribution is 5.76. The number of hydrogen-bond acceptors (Lipinski definition) is 5. The predicted octanol–water partition coefficient (Wildman–Crippen LogP) is -0.896. The molecule has 19 heavy (non-hydrogen) atoms. The van der Waals surface area contributed by atoms with Crippen LogP contribution in [-0.4, -0.2) is 81.8 Å². The van der Waals surface area contributed by atoms with Gasteiger partial charge in [0.05, 0.1) is 12.5 Å². The molecule has 0 spiro atoms. The van der Waals surface area contributed by atoms with Crippen LogP contribution >= 0.6 is 0 Å². The van der Waals surface area contributed by atoms with Crippen molar-refractivity contribution in [2.45, 2.75) is 18.9 Å². The van der Waals surface area contributed by atoms with Crippen molar-refractivity contribution in [2.75, 3.05) is 60.0 Å². The molecule has 0 aromatic rings. The lowest BCUT2D eigenvalue weighted by Crippen LogP contribution is -2.45. The maximum atomic E-state index is 11.6. The van der Waals surface area contributed by atoms with E-state index < -0.39 is 0 Å². The minimum absolute atomic E-state index is 0.0238. The Labute approximate surface area is 116 Å². The SMILES string of the molecule is COC(CN)CC(=O)NCCCN1CCN(C)CC1. The second-order valence-corrected chi connectivity index (χ2v) is 5.15. The number of amides is 1. The van der Waals surface area contributed by atoms with E-state index in [0.717, 1.165) is 45.7 Å². The Kier molecular flexibility index (Phi) is 7.97. The first-order chi connectivity index (χ1) is 9.15. The molecule has 0 saturated carbocycles. The third kappa shape index (κ3) is 6.87. The van der Waals surface area contributed by atoms with E-state index in [2.05, 4.69) is 22.2 Å². The number of nitrogens with one attached hydrogen (secondary N) is 1. The minimum Gasteiger partial charge on any atom is -0.380 e. The molecule has 3 N–H and O–H groups in total. The van der Waals surface area contributed by atoms with E-state index >= 15 is 0 Å². The van der Waals surface area contributed by atoms with Crippen molar-refractivity contribution < 1.29 is 9.53 Å². The van der Waals surface area contributed by atoms with Gasteiger partial charge >= 0.3 is 0 Å². The van der Waals surface area contributed by atoms with Crippen LogP contribution in [-0.2, 0) is 9.53 Å². The van der Waals surface area contributed by atoms with E-state index in [1.165, 1.54) is 0 Å². The number of methoxy groups -OCH3 is 1. The van der Waals surface area contributed by atoms with Crippen molar-refractivity contribution in [3.05, 3.63) is 0 Å². The Morgan fingerprint density at radius 2 is 2.05 bits per heavy atom. The number of likely N-dealkylation sites (N-methyl/N-ethyl adjacent to an activating group) is 1. The molecule has 1 rings (SSSR count). The summed E-state index contributed by atoms with van der Waals surface area (Å²) in [5.74, 6) is 0.0238. The highest BCUT2D eigenvalue weighted by Crippen LogP contribution is 2.00. The molecule has 1 aliphatic heterocycles. The zero-order chi connectivity index (χ0) is 14.1. The lowest BCUT2D eigenvalue weighted by molar-refractivity contribution is -0.123. The summed E-state index contributed by atoms with van der Waals surface area (Å²) < 4.78 is 5.08.